The zero-order valence-electron chi connectivity index (χ0n) is 32.4. The Morgan fingerprint density at radius 2 is 1.79 bits per heavy atom. The molecule has 0 saturated heterocycles. The first-order valence-corrected chi connectivity index (χ1v) is 20.9. The van der Waals surface area contributed by atoms with Crippen LogP contribution in [-0.4, -0.2) is 67.2 Å². The summed E-state index contributed by atoms with van der Waals surface area (Å²) in [5, 5.41) is 10.2. The number of anilines is 1. The van der Waals surface area contributed by atoms with Gasteiger partial charge in [0.15, 0.2) is 11.5 Å². The molecule has 0 radical (unpaired) electrons. The fourth-order valence-corrected chi connectivity index (χ4v) is 8.59. The molecule has 8 rings (SSSR count). The third-order valence-electron chi connectivity index (χ3n) is 10.4. The number of alkyl halides is 6. The average molecular weight is 914 g/mol. The normalized spacial score (nSPS) is 17.4. The molecule has 4 aromatic heterocycles. The maximum Gasteiger partial charge on any atom is 0.293 e. The van der Waals surface area contributed by atoms with Crippen molar-refractivity contribution in [1.29, 1.82) is 0 Å². The third-order valence-corrected chi connectivity index (χ3v) is 11.3. The molecule has 3 atom stereocenters. The molecule has 2 aliphatic rings. The van der Waals surface area contributed by atoms with E-state index < -0.39 is 112 Å². The minimum Gasteiger partial charge on any atom is -0.477 e. The number of hydrogen-bond acceptors (Lipinski definition) is 9. The van der Waals surface area contributed by atoms with Crippen molar-refractivity contribution in [1.82, 2.24) is 39.4 Å². The summed E-state index contributed by atoms with van der Waals surface area (Å²) in [6.45, 7) is -0.879. The maximum absolute atomic E-state index is 15.5. The van der Waals surface area contributed by atoms with E-state index in [1.165, 1.54) is 36.0 Å². The second-order valence-corrected chi connectivity index (χ2v) is 17.4. The Labute approximate surface area is 349 Å². The van der Waals surface area contributed by atoms with Gasteiger partial charge in [0.05, 0.1) is 45.9 Å². The zero-order chi connectivity index (χ0) is 44.8. The topological polar surface area (TPSA) is 168 Å². The van der Waals surface area contributed by atoms with Crippen LogP contribution in [0, 0.1) is 17.6 Å². The lowest BCUT2D eigenvalue weighted by atomic mass is 10.0. The van der Waals surface area contributed by atoms with E-state index in [4.69, 9.17) is 16.3 Å². The Balaban J connectivity index is 1.32. The SMILES string of the molecule is Cn1nc(NS(C)(=O)=O)c2c(Cl)ccc(-n3c([C@H](Cc4cc(F)cc(F)c4)NC(=O)Cn4nc(C(F)F)c5c4C(F)(F)[C@@H]4C[C@H]54)nc4nc(OCCC(C)(F)F)ccc4c3=O)c21. The summed E-state index contributed by atoms with van der Waals surface area (Å²) in [4.78, 5) is 37.6. The van der Waals surface area contributed by atoms with Crippen molar-refractivity contribution < 1.29 is 53.1 Å². The summed E-state index contributed by atoms with van der Waals surface area (Å²) < 4.78 is 151. The number of sulfonamides is 1. The molecule has 0 spiro atoms. The Kier molecular flexibility index (Phi) is 10.5. The van der Waals surface area contributed by atoms with E-state index in [-0.39, 0.29) is 61.9 Å². The van der Waals surface area contributed by atoms with E-state index in [0.717, 1.165) is 23.0 Å². The Hall–Kier alpha value is -5.84. The van der Waals surface area contributed by atoms with Gasteiger partial charge in [0, 0.05) is 43.5 Å². The number of pyridine rings is 1. The lowest BCUT2D eigenvalue weighted by Gasteiger charge is -2.24. The van der Waals surface area contributed by atoms with Crippen LogP contribution in [0.15, 0.2) is 47.3 Å². The highest BCUT2D eigenvalue weighted by molar-refractivity contribution is 7.92. The fourth-order valence-electron chi connectivity index (χ4n) is 7.86. The molecule has 0 aliphatic heterocycles. The highest BCUT2D eigenvalue weighted by atomic mass is 35.5. The van der Waals surface area contributed by atoms with Crippen molar-refractivity contribution in [3.05, 3.63) is 97.8 Å². The van der Waals surface area contributed by atoms with Gasteiger partial charge < -0.3 is 10.1 Å². The number of carbonyl (C=O) groups is 1. The average Bonchev–Trinajstić information content (AvgIpc) is 3.69. The molecule has 1 amide bonds. The number of halogens is 9. The number of benzene rings is 2. The molecule has 6 aromatic rings. The van der Waals surface area contributed by atoms with Crippen molar-refractivity contribution in [2.75, 3.05) is 17.6 Å². The molecule has 1 saturated carbocycles. The lowest BCUT2D eigenvalue weighted by Crippen LogP contribution is -2.38. The maximum atomic E-state index is 15.5. The van der Waals surface area contributed by atoms with E-state index in [1.807, 2.05) is 0 Å². The second-order valence-electron chi connectivity index (χ2n) is 15.2. The summed E-state index contributed by atoms with van der Waals surface area (Å²) in [6.07, 6.45) is -3.70. The second kappa shape index (κ2) is 15.2. The molecule has 24 heteroatoms. The molecule has 0 bridgehead atoms. The largest absolute Gasteiger partial charge is 0.477 e. The standard InChI is InChI=1S/C38H32ClF8N9O5S/c1-37(44,45)8-9-61-26-7-4-19-33(49-26)50-35(56(36(19)58)24-6-5-22(39)28-30(24)54(2)52-34(28)53-62(3,59)60)23(12-16-10-17(40)13-18(41)11-16)48-25(57)15-55-31-27(29(51-55)32(42)43)20-14-21(20)38(31,46)47/h4-7,10-11,13,20-21,23,32H,8-9,12,14-15H2,1-3H3,(H,48,57)(H,52,53)/t20-,21+,23-/m0/s1. The number of nitrogens with one attached hydrogen (secondary N) is 2. The number of ether oxygens (including phenoxy) is 1. The van der Waals surface area contributed by atoms with E-state index in [0.29, 0.717) is 17.7 Å². The van der Waals surface area contributed by atoms with Crippen LogP contribution in [-0.2, 0) is 40.8 Å². The monoisotopic (exact) mass is 913 g/mol. The van der Waals surface area contributed by atoms with Gasteiger partial charge in [-0.15, -0.1) is 0 Å². The smallest absolute Gasteiger partial charge is 0.293 e. The number of aryl methyl sites for hydroxylation is 1. The van der Waals surface area contributed by atoms with Crippen LogP contribution in [0.4, 0.5) is 40.9 Å². The van der Waals surface area contributed by atoms with Gasteiger partial charge in [-0.3, -0.25) is 28.2 Å². The van der Waals surface area contributed by atoms with Gasteiger partial charge in [-0.25, -0.2) is 39.7 Å². The van der Waals surface area contributed by atoms with Crippen LogP contribution in [0.5, 0.6) is 5.88 Å². The minimum absolute atomic E-state index is 0.00114. The van der Waals surface area contributed by atoms with Crippen LogP contribution in [0.1, 0.15) is 66.5 Å². The lowest BCUT2D eigenvalue weighted by molar-refractivity contribution is -0.123. The van der Waals surface area contributed by atoms with Crippen molar-refractivity contribution in [2.24, 2.45) is 13.0 Å². The van der Waals surface area contributed by atoms with Gasteiger partial charge in [0.2, 0.25) is 27.7 Å². The predicted molar refractivity (Wildman–Crippen MR) is 206 cm³/mol. The van der Waals surface area contributed by atoms with E-state index >= 15 is 8.78 Å². The fraction of sp³-hybridized carbons (Fsp3) is 0.368. The molecule has 2 aliphatic carbocycles. The molecule has 2 N–H and O–H groups in total. The quantitative estimate of drug-likeness (QED) is 0.111. The highest BCUT2D eigenvalue weighted by Gasteiger charge is 2.67. The van der Waals surface area contributed by atoms with Crippen LogP contribution in [0.3, 0.4) is 0 Å². The summed E-state index contributed by atoms with van der Waals surface area (Å²) in [5.41, 5.74) is -3.54. The van der Waals surface area contributed by atoms with Crippen LogP contribution < -0.4 is 20.3 Å². The summed E-state index contributed by atoms with van der Waals surface area (Å²) >= 11 is 6.57. The number of nitrogens with zero attached hydrogens (tertiary/aromatic N) is 7. The Bertz CT molecular complexity index is 2970. The molecule has 4 heterocycles. The van der Waals surface area contributed by atoms with E-state index in [1.54, 1.807) is 0 Å². The Morgan fingerprint density at radius 1 is 1.08 bits per heavy atom. The van der Waals surface area contributed by atoms with E-state index in [9.17, 15) is 44.3 Å². The van der Waals surface area contributed by atoms with Gasteiger partial charge in [-0.2, -0.15) is 24.0 Å². The first-order valence-electron chi connectivity index (χ1n) is 18.6. The number of hydrogen-bond donors (Lipinski definition) is 2. The predicted octanol–water partition coefficient (Wildman–Crippen LogP) is 6.84. The molecule has 0 unspecified atom stereocenters. The zero-order valence-corrected chi connectivity index (χ0v) is 33.9. The first kappa shape index (κ1) is 42.8. The molecule has 2 aromatic carbocycles. The number of rotatable bonds is 14. The highest BCUT2D eigenvalue weighted by Crippen LogP contribution is 2.68. The van der Waals surface area contributed by atoms with Gasteiger partial charge >= 0.3 is 0 Å². The molecular weight excluding hydrogens is 882 g/mol. The van der Waals surface area contributed by atoms with Gasteiger partial charge in [-0.05, 0) is 55.2 Å². The Morgan fingerprint density at radius 3 is 2.45 bits per heavy atom. The van der Waals surface area contributed by atoms with Crippen LogP contribution in [0.25, 0.3) is 27.6 Å². The van der Waals surface area contributed by atoms with Crippen molar-refractivity contribution >= 4 is 55.3 Å². The summed E-state index contributed by atoms with van der Waals surface area (Å²) in [6, 6.07) is 5.81. The van der Waals surface area contributed by atoms with Gasteiger partial charge in [0.1, 0.15) is 35.4 Å². The van der Waals surface area contributed by atoms with Crippen LogP contribution in [0.2, 0.25) is 5.02 Å². The van der Waals surface area contributed by atoms with Crippen molar-refractivity contribution in [2.45, 2.75) is 63.0 Å². The molecular formula is C38H32ClF8N9O5S. The van der Waals surface area contributed by atoms with Gasteiger partial charge in [0.25, 0.3) is 17.9 Å². The first-order chi connectivity index (χ1) is 29.0. The minimum atomic E-state index is -3.96. The number of aromatic nitrogens is 7. The van der Waals surface area contributed by atoms with Crippen molar-refractivity contribution in [3.63, 3.8) is 0 Å². The van der Waals surface area contributed by atoms with Crippen LogP contribution >= 0.6 is 11.6 Å². The molecule has 62 heavy (non-hydrogen) atoms. The van der Waals surface area contributed by atoms with E-state index in [2.05, 4.69) is 30.2 Å². The molecule has 1 fully saturated rings. The molecule has 328 valence electrons. The van der Waals surface area contributed by atoms with Crippen molar-refractivity contribution in [3.8, 4) is 11.6 Å². The number of fused-ring (bicyclic) bond motifs is 5. The number of amides is 1. The third kappa shape index (κ3) is 8.02. The number of carbonyl (C=O) groups excluding carboxylic acids is 1. The molecule has 14 nitrogen and oxygen atoms in total. The van der Waals surface area contributed by atoms with Gasteiger partial charge in [-0.1, -0.05) is 11.6 Å². The summed E-state index contributed by atoms with van der Waals surface area (Å²) in [7, 11) is -2.56. The summed E-state index contributed by atoms with van der Waals surface area (Å²) in [5.74, 6) is -12.9.